The Morgan fingerprint density at radius 3 is 2.50 bits per heavy atom. The minimum Gasteiger partial charge on any atom is -0.0883 e. The molecule has 6 heavy (non-hydrogen) atoms. The van der Waals surface area contributed by atoms with Gasteiger partial charge in [0.1, 0.15) is 0 Å². The van der Waals surface area contributed by atoms with Crippen molar-refractivity contribution >= 4 is 15.9 Å². The maximum Gasteiger partial charge on any atom is 0.0584 e. The van der Waals surface area contributed by atoms with Gasteiger partial charge in [-0.1, -0.05) is 27.6 Å². The molecule has 0 unspecified atom stereocenters. The lowest BCUT2D eigenvalue weighted by atomic mass is 10.3. The molecule has 0 heterocycles. The van der Waals surface area contributed by atoms with Gasteiger partial charge in [0.25, 0.3) is 0 Å². The van der Waals surface area contributed by atoms with Gasteiger partial charge in [0.05, 0.1) is 1.37 Å². The lowest BCUT2D eigenvalue weighted by Crippen LogP contribution is -1.62. The molecule has 0 aliphatic heterocycles. The molecule has 1 heteroatoms. The first-order valence-electron chi connectivity index (χ1n) is 2.37. The first kappa shape index (κ1) is 4.38. The zero-order valence-electron chi connectivity index (χ0n) is 5.09. The lowest BCUT2D eigenvalue weighted by molar-refractivity contribution is 1.37. The van der Waals surface area contributed by atoms with Gasteiger partial charge >= 0.3 is 0 Å². The molecule has 0 radical (unpaired) electrons. The second kappa shape index (κ2) is 3.41. The van der Waals surface area contributed by atoms with Gasteiger partial charge in [0.15, 0.2) is 0 Å². The fourth-order valence-corrected chi connectivity index (χ4v) is 0.694. The van der Waals surface area contributed by atoms with Gasteiger partial charge < -0.3 is 0 Å². The Hall–Kier alpha value is 0.220. The quantitative estimate of drug-likeness (QED) is 0.397. The summed E-state index contributed by atoms with van der Waals surface area (Å²) in [6, 6.07) is 0.681. The van der Waals surface area contributed by atoms with E-state index < -0.39 is 0 Å². The maximum atomic E-state index is 7.11. The summed E-state index contributed by atoms with van der Waals surface area (Å²) >= 11 is 3.17. The van der Waals surface area contributed by atoms with Crippen molar-refractivity contribution in [3.05, 3.63) is 11.6 Å². The van der Waals surface area contributed by atoms with Crippen LogP contribution in [0.25, 0.3) is 0 Å². The first-order chi connectivity index (χ1) is 3.18. The van der Waals surface area contributed by atoms with Crippen molar-refractivity contribution in [1.29, 1.82) is 0 Å². The van der Waals surface area contributed by atoms with E-state index in [9.17, 15) is 0 Å². The normalized spacial score (nSPS) is 10.2. The lowest BCUT2D eigenvalue weighted by Gasteiger charge is -1.79. The number of rotatable bonds is 1. The number of hydrogen-bond donors (Lipinski definition) is 0. The predicted octanol–water partition coefficient (Wildman–Crippen LogP) is 2.35. The number of hydrogen-bond acceptors (Lipinski definition) is 0. The highest BCUT2D eigenvalue weighted by Gasteiger charge is 1.68. The molecule has 0 aliphatic carbocycles. The topological polar surface area (TPSA) is 0 Å². The highest BCUT2D eigenvalue weighted by molar-refractivity contribution is 9.09. The molecule has 0 amide bonds. The molecule has 0 saturated heterocycles. The van der Waals surface area contributed by atoms with E-state index in [1.54, 1.807) is 0 Å². The van der Waals surface area contributed by atoms with Crippen LogP contribution in [0, 0.1) is 0 Å². The van der Waals surface area contributed by atoms with Gasteiger partial charge in [0, 0.05) is 5.33 Å². The van der Waals surface area contributed by atoms with Crippen LogP contribution in [0.3, 0.4) is 0 Å². The van der Waals surface area contributed by atoms with Crippen molar-refractivity contribution in [1.82, 2.24) is 0 Å². The molecule has 0 aliphatic rings. The van der Waals surface area contributed by atoms with Crippen molar-refractivity contribution in [3.63, 3.8) is 0 Å². The minimum atomic E-state index is 0.676. The maximum absolute atomic E-state index is 7.11. The molecule has 36 valence electrons. The van der Waals surface area contributed by atoms with Crippen molar-refractivity contribution < 1.29 is 1.37 Å². The zero-order chi connectivity index (χ0) is 5.86. The van der Waals surface area contributed by atoms with E-state index in [0.29, 0.717) is 11.4 Å². The van der Waals surface area contributed by atoms with Crippen LogP contribution in [0.1, 0.15) is 15.2 Å². The predicted molar refractivity (Wildman–Crippen MR) is 33.2 cm³/mol. The van der Waals surface area contributed by atoms with Crippen LogP contribution < -0.4 is 0 Å². The SMILES string of the molecule is [2H]C(CBr)=C(C)C. The Kier molecular flexibility index (Phi) is 2.49. The summed E-state index contributed by atoms with van der Waals surface area (Å²) in [7, 11) is 0. The van der Waals surface area contributed by atoms with E-state index in [4.69, 9.17) is 1.37 Å². The molecular weight excluding hydrogens is 140 g/mol. The van der Waals surface area contributed by atoms with Crippen molar-refractivity contribution in [2.45, 2.75) is 13.8 Å². The Balaban J connectivity index is 3.72. The molecule has 0 aromatic heterocycles. The van der Waals surface area contributed by atoms with E-state index >= 15 is 0 Å². The number of alkyl halides is 1. The van der Waals surface area contributed by atoms with Gasteiger partial charge in [-0.2, -0.15) is 0 Å². The second-order valence-corrected chi connectivity index (χ2v) is 1.87. The average Bonchev–Trinajstić information content (AvgIpc) is 1.65. The van der Waals surface area contributed by atoms with Gasteiger partial charge in [-0.15, -0.1) is 0 Å². The van der Waals surface area contributed by atoms with Gasteiger partial charge in [-0.3, -0.25) is 0 Å². The number of allylic oxidation sites excluding steroid dienone is 2. The Labute approximate surface area is 48.8 Å². The van der Waals surface area contributed by atoms with Gasteiger partial charge in [0.2, 0.25) is 0 Å². The fraction of sp³-hybridized carbons (Fsp3) is 0.600. The Morgan fingerprint density at radius 2 is 2.50 bits per heavy atom. The molecule has 0 aromatic carbocycles. The van der Waals surface area contributed by atoms with Gasteiger partial charge in [-0.05, 0) is 13.8 Å². The third kappa shape index (κ3) is 4.22. The Bertz CT molecular complexity index is 82.1. The molecular formula is C5H9Br. The van der Waals surface area contributed by atoms with Crippen LogP contribution in [0.5, 0.6) is 0 Å². The van der Waals surface area contributed by atoms with Crippen LogP contribution in [0.15, 0.2) is 11.6 Å². The average molecular weight is 150 g/mol. The molecule has 0 spiro atoms. The molecule has 0 atom stereocenters. The Morgan fingerprint density at radius 1 is 2.00 bits per heavy atom. The van der Waals surface area contributed by atoms with Gasteiger partial charge in [-0.25, -0.2) is 0 Å². The summed E-state index contributed by atoms with van der Waals surface area (Å²) in [6.45, 7) is 3.87. The third-order valence-corrected chi connectivity index (χ3v) is 0.701. The van der Waals surface area contributed by atoms with Crippen molar-refractivity contribution in [2.24, 2.45) is 0 Å². The molecule has 0 fully saturated rings. The zero-order valence-corrected chi connectivity index (χ0v) is 5.67. The van der Waals surface area contributed by atoms with E-state index in [1.807, 2.05) is 13.8 Å². The molecule has 0 nitrogen and oxygen atoms in total. The smallest absolute Gasteiger partial charge is 0.0584 e. The molecule has 0 N–H and O–H groups in total. The van der Waals surface area contributed by atoms with Crippen LogP contribution in [-0.2, 0) is 0 Å². The highest BCUT2D eigenvalue weighted by Crippen LogP contribution is 1.89. The molecule has 0 rings (SSSR count). The molecule has 0 aromatic rings. The summed E-state index contributed by atoms with van der Waals surface area (Å²) in [5, 5.41) is 0.676. The molecule has 0 saturated carbocycles. The monoisotopic (exact) mass is 149 g/mol. The number of halogens is 1. The minimum absolute atomic E-state index is 0.676. The van der Waals surface area contributed by atoms with E-state index in [2.05, 4.69) is 15.9 Å². The van der Waals surface area contributed by atoms with Crippen LogP contribution in [0.4, 0.5) is 0 Å². The summed E-state index contributed by atoms with van der Waals surface area (Å²) in [5.74, 6) is 0. The summed E-state index contributed by atoms with van der Waals surface area (Å²) in [5.41, 5.74) is 1.08. The summed E-state index contributed by atoms with van der Waals surface area (Å²) in [6.07, 6.45) is 0. The highest BCUT2D eigenvalue weighted by atomic mass is 79.9. The largest absolute Gasteiger partial charge is 0.0883 e. The van der Waals surface area contributed by atoms with E-state index in [1.165, 1.54) is 0 Å². The van der Waals surface area contributed by atoms with E-state index in [-0.39, 0.29) is 0 Å². The second-order valence-electron chi connectivity index (χ2n) is 1.31. The van der Waals surface area contributed by atoms with Crippen LogP contribution in [-0.4, -0.2) is 5.33 Å². The summed E-state index contributed by atoms with van der Waals surface area (Å²) in [4.78, 5) is 0. The fourth-order valence-electron chi connectivity index (χ4n) is 0.134. The molecule has 0 bridgehead atoms. The van der Waals surface area contributed by atoms with Crippen LogP contribution >= 0.6 is 15.9 Å². The first-order valence-corrected chi connectivity index (χ1v) is 2.99. The van der Waals surface area contributed by atoms with E-state index in [0.717, 1.165) is 5.57 Å². The van der Waals surface area contributed by atoms with Crippen molar-refractivity contribution in [2.75, 3.05) is 5.33 Å². The van der Waals surface area contributed by atoms with Crippen LogP contribution in [0.2, 0.25) is 0 Å². The standard InChI is InChI=1S/C5H9Br/c1-5(2)3-4-6/h3H,4H2,1-2H3/i3D. The third-order valence-electron chi connectivity index (χ3n) is 0.420. The van der Waals surface area contributed by atoms with Crippen molar-refractivity contribution in [3.8, 4) is 0 Å². The summed E-state index contributed by atoms with van der Waals surface area (Å²) < 4.78 is 7.11.